The van der Waals surface area contributed by atoms with Gasteiger partial charge in [-0.1, -0.05) is 18.2 Å². The summed E-state index contributed by atoms with van der Waals surface area (Å²) in [6.45, 7) is 1.24. The van der Waals surface area contributed by atoms with E-state index in [2.05, 4.69) is 5.32 Å². The van der Waals surface area contributed by atoms with Gasteiger partial charge < -0.3 is 10.1 Å². The van der Waals surface area contributed by atoms with Crippen molar-refractivity contribution in [3.8, 4) is 5.75 Å². The van der Waals surface area contributed by atoms with E-state index in [-0.39, 0.29) is 11.6 Å². The Morgan fingerprint density at radius 2 is 1.68 bits per heavy atom. The monoisotopic (exact) mass is 261 g/mol. The second-order valence-electron chi connectivity index (χ2n) is 4.66. The van der Waals surface area contributed by atoms with Gasteiger partial charge in [-0.05, 0) is 29.8 Å². The van der Waals surface area contributed by atoms with Crippen LogP contribution >= 0.6 is 0 Å². The summed E-state index contributed by atoms with van der Waals surface area (Å²) in [5, 5.41) is 3.14. The molecule has 0 atom stereocenters. The molecule has 1 aliphatic heterocycles. The average molecular weight is 261 g/mol. The fraction of sp³-hybridized carbons (Fsp3) is 0.200. The molecule has 1 heterocycles. The highest BCUT2D eigenvalue weighted by molar-refractivity contribution is 5.31. The number of hydrogen-bond acceptors (Lipinski definition) is 2. The summed E-state index contributed by atoms with van der Waals surface area (Å²) in [6.07, 6.45) is 0. The van der Waals surface area contributed by atoms with Crippen LogP contribution in [0.2, 0.25) is 0 Å². The lowest BCUT2D eigenvalue weighted by molar-refractivity contribution is 0.0119. The van der Waals surface area contributed by atoms with Crippen LogP contribution in [0.5, 0.6) is 5.75 Å². The summed E-state index contributed by atoms with van der Waals surface area (Å²) in [4.78, 5) is 0. The van der Waals surface area contributed by atoms with Crippen molar-refractivity contribution in [1.29, 1.82) is 0 Å². The molecule has 3 rings (SSSR count). The lowest BCUT2D eigenvalue weighted by Gasteiger charge is -2.43. The number of rotatable bonds is 3. The summed E-state index contributed by atoms with van der Waals surface area (Å²) in [5.41, 5.74) is 0.346. The lowest BCUT2D eigenvalue weighted by atomic mass is 9.87. The van der Waals surface area contributed by atoms with Crippen molar-refractivity contribution in [3.63, 3.8) is 0 Å². The topological polar surface area (TPSA) is 21.3 Å². The minimum atomic E-state index is -0.540. The van der Waals surface area contributed by atoms with Crippen molar-refractivity contribution in [3.05, 3.63) is 65.7 Å². The van der Waals surface area contributed by atoms with E-state index in [1.807, 2.05) is 0 Å². The first-order valence-electron chi connectivity index (χ1n) is 6.09. The van der Waals surface area contributed by atoms with Crippen LogP contribution in [-0.4, -0.2) is 13.1 Å². The van der Waals surface area contributed by atoms with E-state index in [1.54, 1.807) is 24.3 Å². The predicted octanol–water partition coefficient (Wildman–Crippen LogP) is 2.84. The van der Waals surface area contributed by atoms with Gasteiger partial charge in [0, 0.05) is 19.2 Å². The van der Waals surface area contributed by atoms with Gasteiger partial charge in [-0.15, -0.1) is 0 Å². The van der Waals surface area contributed by atoms with E-state index in [9.17, 15) is 8.78 Å². The Hall–Kier alpha value is -1.94. The normalized spacial score (nSPS) is 16.7. The first kappa shape index (κ1) is 12.1. The number of ether oxygens (including phenoxy) is 1. The number of benzene rings is 2. The molecule has 1 fully saturated rings. The Labute approximate surface area is 110 Å². The molecule has 0 aliphatic carbocycles. The molecule has 1 saturated heterocycles. The maximum Gasteiger partial charge on any atom is 0.159 e. The van der Waals surface area contributed by atoms with Gasteiger partial charge in [0.15, 0.2) is 5.60 Å². The Bertz CT molecular complexity index is 579. The molecule has 2 nitrogen and oxygen atoms in total. The molecule has 0 unspecified atom stereocenters. The fourth-order valence-electron chi connectivity index (χ4n) is 2.20. The average Bonchev–Trinajstić information content (AvgIpc) is 2.35. The van der Waals surface area contributed by atoms with Gasteiger partial charge in [0.05, 0.1) is 0 Å². The maximum atomic E-state index is 13.2. The van der Waals surface area contributed by atoms with Gasteiger partial charge in [-0.25, -0.2) is 8.78 Å². The van der Waals surface area contributed by atoms with Crippen molar-refractivity contribution in [2.75, 3.05) is 13.1 Å². The summed E-state index contributed by atoms with van der Waals surface area (Å²) in [5.74, 6) is -0.137. The number of halogens is 2. The molecule has 4 heteroatoms. The summed E-state index contributed by atoms with van der Waals surface area (Å²) in [6, 6.07) is 12.3. The third-order valence-corrected chi connectivity index (χ3v) is 3.30. The SMILES string of the molecule is Fc1ccc(C2(Oc3cccc(F)c3)CNC2)cc1. The second-order valence-corrected chi connectivity index (χ2v) is 4.66. The van der Waals surface area contributed by atoms with Gasteiger partial charge in [0.1, 0.15) is 17.4 Å². The van der Waals surface area contributed by atoms with Crippen LogP contribution < -0.4 is 10.1 Å². The lowest BCUT2D eigenvalue weighted by Crippen LogP contribution is -2.60. The summed E-state index contributed by atoms with van der Waals surface area (Å²) in [7, 11) is 0. The van der Waals surface area contributed by atoms with Gasteiger partial charge in [0.25, 0.3) is 0 Å². The Morgan fingerprint density at radius 3 is 2.26 bits per heavy atom. The molecule has 0 spiro atoms. The van der Waals surface area contributed by atoms with Gasteiger partial charge >= 0.3 is 0 Å². The first-order chi connectivity index (χ1) is 9.18. The molecule has 98 valence electrons. The molecule has 0 amide bonds. The second kappa shape index (κ2) is 4.63. The number of nitrogens with one attached hydrogen (secondary N) is 1. The van der Waals surface area contributed by atoms with Crippen LogP contribution in [0.4, 0.5) is 8.78 Å². The summed E-state index contributed by atoms with van der Waals surface area (Å²) >= 11 is 0. The third kappa shape index (κ3) is 2.31. The van der Waals surface area contributed by atoms with Crippen LogP contribution in [-0.2, 0) is 5.60 Å². The standard InChI is InChI=1S/C15H13F2NO/c16-12-6-4-11(5-7-12)15(9-18-10-15)19-14-3-1-2-13(17)8-14/h1-8,18H,9-10H2. The molecule has 2 aromatic rings. The largest absolute Gasteiger partial charge is 0.480 e. The first-order valence-corrected chi connectivity index (χ1v) is 6.09. The highest BCUT2D eigenvalue weighted by Gasteiger charge is 2.41. The minimum Gasteiger partial charge on any atom is -0.480 e. The van der Waals surface area contributed by atoms with E-state index in [4.69, 9.17) is 4.74 Å². The molecule has 0 bridgehead atoms. The third-order valence-electron chi connectivity index (χ3n) is 3.30. The van der Waals surface area contributed by atoms with Crippen LogP contribution in [0.1, 0.15) is 5.56 Å². The molecular formula is C15H13F2NO. The van der Waals surface area contributed by atoms with E-state index >= 15 is 0 Å². The van der Waals surface area contributed by atoms with Crippen LogP contribution in [0.15, 0.2) is 48.5 Å². The highest BCUT2D eigenvalue weighted by atomic mass is 19.1. The number of hydrogen-bond donors (Lipinski definition) is 1. The van der Waals surface area contributed by atoms with E-state index in [0.717, 1.165) is 5.56 Å². The van der Waals surface area contributed by atoms with Crippen molar-refractivity contribution in [2.24, 2.45) is 0 Å². The van der Waals surface area contributed by atoms with Gasteiger partial charge in [-0.3, -0.25) is 0 Å². The fourth-order valence-corrected chi connectivity index (χ4v) is 2.20. The van der Waals surface area contributed by atoms with Crippen LogP contribution in [0, 0.1) is 11.6 Å². The van der Waals surface area contributed by atoms with E-state index in [1.165, 1.54) is 24.3 Å². The Morgan fingerprint density at radius 1 is 0.947 bits per heavy atom. The van der Waals surface area contributed by atoms with Gasteiger partial charge in [0.2, 0.25) is 0 Å². The predicted molar refractivity (Wildman–Crippen MR) is 68.0 cm³/mol. The zero-order valence-electron chi connectivity index (χ0n) is 10.2. The summed E-state index contributed by atoms with van der Waals surface area (Å²) < 4.78 is 32.1. The molecule has 0 aromatic heterocycles. The zero-order valence-corrected chi connectivity index (χ0v) is 10.2. The van der Waals surface area contributed by atoms with Crippen molar-refractivity contribution in [1.82, 2.24) is 5.32 Å². The molecule has 2 aromatic carbocycles. The maximum absolute atomic E-state index is 13.2. The highest BCUT2D eigenvalue weighted by Crippen LogP contribution is 2.32. The molecule has 1 N–H and O–H groups in total. The minimum absolute atomic E-state index is 0.281. The molecule has 0 saturated carbocycles. The van der Waals surface area contributed by atoms with Crippen molar-refractivity contribution >= 4 is 0 Å². The van der Waals surface area contributed by atoms with E-state index in [0.29, 0.717) is 18.8 Å². The Kier molecular flexibility index (Phi) is 2.95. The zero-order chi connectivity index (χ0) is 13.3. The molecule has 0 radical (unpaired) electrons. The van der Waals surface area contributed by atoms with Crippen molar-refractivity contribution in [2.45, 2.75) is 5.60 Å². The van der Waals surface area contributed by atoms with Gasteiger partial charge in [-0.2, -0.15) is 0 Å². The van der Waals surface area contributed by atoms with E-state index < -0.39 is 5.60 Å². The van der Waals surface area contributed by atoms with Crippen LogP contribution in [0.3, 0.4) is 0 Å². The van der Waals surface area contributed by atoms with Crippen molar-refractivity contribution < 1.29 is 13.5 Å². The Balaban J connectivity index is 1.89. The smallest absolute Gasteiger partial charge is 0.159 e. The molecule has 1 aliphatic rings. The quantitative estimate of drug-likeness (QED) is 0.917. The molecular weight excluding hydrogens is 248 g/mol. The van der Waals surface area contributed by atoms with Crippen LogP contribution in [0.25, 0.3) is 0 Å². The molecule has 19 heavy (non-hydrogen) atoms.